The Kier molecular flexibility index (Phi) is 4.54. The summed E-state index contributed by atoms with van der Waals surface area (Å²) >= 11 is 0. The molecule has 2 aliphatic rings. The van der Waals surface area contributed by atoms with E-state index < -0.39 is 5.60 Å². The summed E-state index contributed by atoms with van der Waals surface area (Å²) < 4.78 is 5.47. The number of rotatable bonds is 2. The maximum atomic E-state index is 12.3. The number of likely N-dealkylation sites (tertiary alicyclic amines) is 1. The van der Waals surface area contributed by atoms with Crippen molar-refractivity contribution in [1.29, 1.82) is 0 Å². The molecule has 1 fully saturated rings. The van der Waals surface area contributed by atoms with Crippen LogP contribution < -0.4 is 4.99 Å². The van der Waals surface area contributed by atoms with Crippen molar-refractivity contribution in [3.8, 4) is 0 Å². The number of ether oxygens (including phenoxy) is 1. The van der Waals surface area contributed by atoms with Crippen molar-refractivity contribution in [3.63, 3.8) is 0 Å². The van der Waals surface area contributed by atoms with Crippen LogP contribution in [0, 0.1) is 5.92 Å². The minimum Gasteiger partial charge on any atom is -0.444 e. The van der Waals surface area contributed by atoms with Crippen molar-refractivity contribution < 1.29 is 19.3 Å². The number of carbonyl (C=O) groups excluding carboxylic acids is 2. The number of hydrogen-bond acceptors (Lipinski definition) is 3. The van der Waals surface area contributed by atoms with E-state index >= 15 is 0 Å². The first-order valence-electron chi connectivity index (χ1n) is 8.68. The molecule has 25 heavy (non-hydrogen) atoms. The Balaban J connectivity index is 1.74. The van der Waals surface area contributed by atoms with Crippen molar-refractivity contribution in [2.75, 3.05) is 13.6 Å². The average molecular weight is 344 g/mol. The Morgan fingerprint density at radius 3 is 2.72 bits per heavy atom. The number of benzene rings is 1. The molecule has 1 aromatic carbocycles. The molecule has 1 N–H and O–H groups in total. The molecule has 0 bridgehead atoms. The maximum absolute atomic E-state index is 12.3. The molecule has 3 rings (SSSR count). The third-order valence-corrected chi connectivity index (χ3v) is 4.54. The van der Waals surface area contributed by atoms with Crippen LogP contribution in [0.25, 0.3) is 0 Å². The first-order valence-corrected chi connectivity index (χ1v) is 8.68. The van der Waals surface area contributed by atoms with Crippen molar-refractivity contribution in [1.82, 2.24) is 9.80 Å². The van der Waals surface area contributed by atoms with Gasteiger partial charge < -0.3 is 9.64 Å². The van der Waals surface area contributed by atoms with Crippen molar-refractivity contribution in [3.05, 3.63) is 29.3 Å². The molecule has 1 unspecified atom stereocenters. The lowest BCUT2D eigenvalue weighted by Gasteiger charge is -2.24. The second kappa shape index (κ2) is 6.50. The van der Waals surface area contributed by atoms with Crippen LogP contribution in [-0.2, 0) is 22.6 Å². The molecule has 6 heteroatoms. The molecule has 0 spiro atoms. The smallest absolute Gasteiger partial charge is 0.410 e. The van der Waals surface area contributed by atoms with E-state index in [0.29, 0.717) is 13.1 Å². The van der Waals surface area contributed by atoms with Gasteiger partial charge in [-0.25, -0.2) is 9.79 Å². The fraction of sp³-hybridized carbons (Fsp3) is 0.526. The molecule has 1 saturated heterocycles. The lowest BCUT2D eigenvalue weighted by Crippen LogP contribution is -2.63. The normalized spacial score (nSPS) is 20.5. The first kappa shape index (κ1) is 17.5. The number of hydrogen-bond donors (Lipinski definition) is 1. The minimum absolute atomic E-state index is 0.0933. The van der Waals surface area contributed by atoms with Gasteiger partial charge in [0.2, 0.25) is 11.6 Å². The Morgan fingerprint density at radius 2 is 2.08 bits per heavy atom. The van der Waals surface area contributed by atoms with E-state index in [1.807, 2.05) is 52.2 Å². The second-order valence-corrected chi connectivity index (χ2v) is 7.75. The van der Waals surface area contributed by atoms with Crippen LogP contribution in [0.3, 0.4) is 0 Å². The van der Waals surface area contributed by atoms with Gasteiger partial charge in [-0.3, -0.25) is 9.69 Å². The van der Waals surface area contributed by atoms with Crippen LogP contribution in [0.4, 0.5) is 10.5 Å². The van der Waals surface area contributed by atoms with Crippen LogP contribution in [-0.4, -0.2) is 47.2 Å². The van der Waals surface area contributed by atoms with Gasteiger partial charge in [0.05, 0.1) is 6.54 Å². The predicted octanol–water partition coefficient (Wildman–Crippen LogP) is 1.20. The van der Waals surface area contributed by atoms with Gasteiger partial charge in [0.15, 0.2) is 6.21 Å². The number of carbonyl (C=O) groups is 2. The monoisotopic (exact) mass is 344 g/mol. The van der Waals surface area contributed by atoms with Crippen LogP contribution >= 0.6 is 0 Å². The van der Waals surface area contributed by atoms with E-state index in [9.17, 15) is 9.59 Å². The highest BCUT2D eigenvalue weighted by molar-refractivity contribution is 5.93. The van der Waals surface area contributed by atoms with Gasteiger partial charge in [0.1, 0.15) is 11.5 Å². The van der Waals surface area contributed by atoms with Gasteiger partial charge in [-0.15, -0.1) is 0 Å². The van der Waals surface area contributed by atoms with E-state index in [4.69, 9.17) is 4.74 Å². The number of amides is 2. The average Bonchev–Trinajstić information content (AvgIpc) is 3.09. The standard InChI is InChI=1S/C19H25N3O3/c1-19(2,3)25-18(24)22-11-14-6-5-7-16(15(14)12-22)20-10-13-8-9-21(4)17(13)23/h5-7,10,13H,8-9,11-12H2,1-4H3/p+1. The Hall–Kier alpha value is -2.37. The molecule has 1 atom stereocenters. The zero-order valence-electron chi connectivity index (χ0n) is 15.3. The van der Waals surface area contributed by atoms with E-state index in [1.54, 1.807) is 9.80 Å². The first-order chi connectivity index (χ1) is 11.7. The third-order valence-electron chi connectivity index (χ3n) is 4.54. The molecular weight excluding hydrogens is 318 g/mol. The third kappa shape index (κ3) is 3.83. The van der Waals surface area contributed by atoms with Gasteiger partial charge in [-0.1, -0.05) is 12.1 Å². The van der Waals surface area contributed by atoms with Crippen LogP contribution in [0.15, 0.2) is 18.2 Å². The second-order valence-electron chi connectivity index (χ2n) is 7.75. The number of nitrogens with one attached hydrogen (secondary N) is 1. The molecule has 0 radical (unpaired) electrons. The predicted molar refractivity (Wildman–Crippen MR) is 94.4 cm³/mol. The molecule has 0 aliphatic carbocycles. The zero-order valence-corrected chi connectivity index (χ0v) is 15.3. The molecule has 2 heterocycles. The topological polar surface area (TPSA) is 63.8 Å². The summed E-state index contributed by atoms with van der Waals surface area (Å²) in [7, 11) is 1.83. The van der Waals surface area contributed by atoms with Crippen molar-refractivity contribution in [2.45, 2.75) is 45.9 Å². The summed E-state index contributed by atoms with van der Waals surface area (Å²) in [6.07, 6.45) is 2.41. The van der Waals surface area contributed by atoms with Gasteiger partial charge in [0, 0.05) is 31.8 Å². The van der Waals surface area contributed by atoms with Gasteiger partial charge >= 0.3 is 6.09 Å². The molecule has 1 aromatic rings. The Morgan fingerprint density at radius 1 is 1.32 bits per heavy atom. The van der Waals surface area contributed by atoms with Gasteiger partial charge in [0.25, 0.3) is 0 Å². The molecule has 2 amide bonds. The summed E-state index contributed by atoms with van der Waals surface area (Å²) in [6.45, 7) is 7.45. The SMILES string of the molecule is CN1CCC(C=[NH+]c2cccc3c2CN(C(=O)OC(C)(C)C)C3)C1=O. The number of fused-ring (bicyclic) bond motifs is 1. The lowest BCUT2D eigenvalue weighted by atomic mass is 10.1. The molecule has 0 saturated carbocycles. The van der Waals surface area contributed by atoms with E-state index in [2.05, 4.69) is 4.99 Å². The molecule has 6 nitrogen and oxygen atoms in total. The van der Waals surface area contributed by atoms with Crippen molar-refractivity contribution >= 4 is 23.9 Å². The fourth-order valence-corrected chi connectivity index (χ4v) is 3.21. The highest BCUT2D eigenvalue weighted by atomic mass is 16.6. The van der Waals surface area contributed by atoms with Crippen molar-refractivity contribution in [2.24, 2.45) is 5.92 Å². The zero-order chi connectivity index (χ0) is 18.2. The lowest BCUT2D eigenvalue weighted by molar-refractivity contribution is -0.351. The minimum atomic E-state index is -0.504. The van der Waals surface area contributed by atoms with Crippen LogP contribution in [0.5, 0.6) is 0 Å². The van der Waals surface area contributed by atoms with E-state index in [-0.39, 0.29) is 17.9 Å². The molecule has 134 valence electrons. The van der Waals surface area contributed by atoms with Gasteiger partial charge in [-0.05, 0) is 32.8 Å². The molecular formula is C19H26N3O3+. The summed E-state index contributed by atoms with van der Waals surface area (Å²) in [5.74, 6) is 0.0553. The van der Waals surface area contributed by atoms with Crippen LogP contribution in [0.1, 0.15) is 38.3 Å². The summed E-state index contributed by atoms with van der Waals surface area (Å²) in [4.78, 5) is 31.1. The fourth-order valence-electron chi connectivity index (χ4n) is 3.21. The van der Waals surface area contributed by atoms with E-state index in [1.165, 1.54) is 0 Å². The largest absolute Gasteiger partial charge is 0.444 e. The summed E-state index contributed by atoms with van der Waals surface area (Å²) in [6, 6.07) is 5.98. The summed E-state index contributed by atoms with van der Waals surface area (Å²) in [5, 5.41) is 0. The van der Waals surface area contributed by atoms with Crippen LogP contribution in [0.2, 0.25) is 0 Å². The van der Waals surface area contributed by atoms with E-state index in [0.717, 1.165) is 29.8 Å². The Labute approximate surface area is 148 Å². The summed E-state index contributed by atoms with van der Waals surface area (Å²) in [5.41, 5.74) is 2.64. The Bertz CT molecular complexity index is 721. The molecule has 2 aliphatic heterocycles. The maximum Gasteiger partial charge on any atom is 0.410 e. The van der Waals surface area contributed by atoms with Gasteiger partial charge in [-0.2, -0.15) is 0 Å². The number of nitrogens with zero attached hydrogens (tertiary/aromatic N) is 2. The quantitative estimate of drug-likeness (QED) is 0.820. The highest BCUT2D eigenvalue weighted by Gasteiger charge is 2.32. The molecule has 0 aromatic heterocycles. The highest BCUT2D eigenvalue weighted by Crippen LogP contribution is 2.28.